The van der Waals surface area contributed by atoms with Gasteiger partial charge in [-0.2, -0.15) is 0 Å². The third-order valence-electron chi connectivity index (χ3n) is 1.74. The van der Waals surface area contributed by atoms with E-state index in [0.29, 0.717) is 0 Å². The zero-order valence-corrected chi connectivity index (χ0v) is 8.96. The predicted octanol–water partition coefficient (Wildman–Crippen LogP) is -0.808. The van der Waals surface area contributed by atoms with Crippen LogP contribution in [0.25, 0.3) is 0 Å². The van der Waals surface area contributed by atoms with Crippen LogP contribution < -0.4 is 10.6 Å². The van der Waals surface area contributed by atoms with Crippen LogP contribution in [0.5, 0.6) is 0 Å². The van der Waals surface area contributed by atoms with Crippen molar-refractivity contribution in [2.75, 3.05) is 20.7 Å². The van der Waals surface area contributed by atoms with Crippen LogP contribution in [0, 0.1) is 0 Å². The maximum atomic E-state index is 11.1. The number of hydrogen-bond acceptors (Lipinski definition) is 4. The number of carbonyl (C=O) groups excluding carboxylic acids is 3. The molecule has 0 fully saturated rings. The molecule has 0 aromatic heterocycles. The Balaban J connectivity index is 3.49. The Kier molecular flexibility index (Phi) is 6.96. The standard InChI is InChI=1S/C9H16N2O4/c1-10-7(12)5-6-11-8(13)3-4-9(14)15-2/h3-6H2,1-2H3,(H,10,12)(H,11,13). The molecule has 0 aromatic rings. The number of rotatable bonds is 6. The van der Waals surface area contributed by atoms with Gasteiger partial charge in [0.2, 0.25) is 11.8 Å². The smallest absolute Gasteiger partial charge is 0.306 e. The molecule has 0 rings (SSSR count). The Morgan fingerprint density at radius 3 is 2.27 bits per heavy atom. The summed E-state index contributed by atoms with van der Waals surface area (Å²) in [5, 5.41) is 4.95. The van der Waals surface area contributed by atoms with Gasteiger partial charge in [-0.25, -0.2) is 0 Å². The van der Waals surface area contributed by atoms with Crippen molar-refractivity contribution in [3.05, 3.63) is 0 Å². The Labute approximate surface area is 88.4 Å². The van der Waals surface area contributed by atoms with Gasteiger partial charge in [0.05, 0.1) is 13.5 Å². The summed E-state index contributed by atoms with van der Waals surface area (Å²) in [6.45, 7) is 0.277. The molecule has 0 unspecified atom stereocenters. The van der Waals surface area contributed by atoms with Gasteiger partial charge in [-0.1, -0.05) is 0 Å². The normalized spacial score (nSPS) is 9.20. The largest absolute Gasteiger partial charge is 0.469 e. The molecule has 0 radical (unpaired) electrons. The van der Waals surface area contributed by atoms with Crippen molar-refractivity contribution in [3.8, 4) is 0 Å². The first kappa shape index (κ1) is 13.4. The third-order valence-corrected chi connectivity index (χ3v) is 1.74. The molecular weight excluding hydrogens is 200 g/mol. The number of ether oxygens (including phenoxy) is 1. The molecule has 0 heterocycles. The highest BCUT2D eigenvalue weighted by Gasteiger charge is 2.06. The third kappa shape index (κ3) is 7.48. The van der Waals surface area contributed by atoms with Crippen molar-refractivity contribution in [1.82, 2.24) is 10.6 Å². The fourth-order valence-corrected chi connectivity index (χ4v) is 0.846. The molecule has 6 heteroatoms. The summed E-state index contributed by atoms with van der Waals surface area (Å²) in [5.74, 6) is -0.816. The minimum Gasteiger partial charge on any atom is -0.469 e. The van der Waals surface area contributed by atoms with Gasteiger partial charge in [-0.15, -0.1) is 0 Å². The fourth-order valence-electron chi connectivity index (χ4n) is 0.846. The lowest BCUT2D eigenvalue weighted by Gasteiger charge is -2.03. The topological polar surface area (TPSA) is 84.5 Å². The minimum absolute atomic E-state index is 0.0578. The zero-order valence-electron chi connectivity index (χ0n) is 8.96. The molecule has 2 amide bonds. The summed E-state index contributed by atoms with van der Waals surface area (Å²) in [6, 6.07) is 0. The molecule has 0 spiro atoms. The number of esters is 1. The van der Waals surface area contributed by atoms with Crippen molar-refractivity contribution in [2.24, 2.45) is 0 Å². The van der Waals surface area contributed by atoms with Gasteiger partial charge in [-0.05, 0) is 0 Å². The highest BCUT2D eigenvalue weighted by Crippen LogP contribution is 1.91. The first-order chi connectivity index (χ1) is 7.10. The lowest BCUT2D eigenvalue weighted by atomic mass is 10.3. The summed E-state index contributed by atoms with van der Waals surface area (Å²) < 4.78 is 4.38. The minimum atomic E-state index is -0.420. The van der Waals surface area contributed by atoms with Crippen molar-refractivity contribution in [3.63, 3.8) is 0 Å². The Morgan fingerprint density at radius 1 is 1.07 bits per heavy atom. The highest BCUT2D eigenvalue weighted by atomic mass is 16.5. The Hall–Kier alpha value is -1.59. The quantitative estimate of drug-likeness (QED) is 0.569. The van der Waals surface area contributed by atoms with E-state index in [4.69, 9.17) is 0 Å². The number of hydrogen-bond donors (Lipinski definition) is 2. The second-order valence-corrected chi connectivity index (χ2v) is 2.85. The zero-order chi connectivity index (χ0) is 11.7. The van der Waals surface area contributed by atoms with Crippen LogP contribution in [-0.2, 0) is 19.1 Å². The van der Waals surface area contributed by atoms with Crippen LogP contribution in [0.2, 0.25) is 0 Å². The van der Waals surface area contributed by atoms with Crippen LogP contribution in [-0.4, -0.2) is 38.5 Å². The van der Waals surface area contributed by atoms with Crippen molar-refractivity contribution in [1.29, 1.82) is 0 Å². The molecule has 0 aromatic carbocycles. The van der Waals surface area contributed by atoms with Gasteiger partial charge in [0, 0.05) is 26.4 Å². The summed E-state index contributed by atoms with van der Waals surface area (Å²) in [6.07, 6.45) is 0.378. The SMILES string of the molecule is CNC(=O)CCNC(=O)CCC(=O)OC. The second kappa shape index (κ2) is 7.78. The molecular formula is C9H16N2O4. The molecule has 0 saturated heterocycles. The van der Waals surface area contributed by atoms with E-state index in [1.54, 1.807) is 0 Å². The summed E-state index contributed by atoms with van der Waals surface area (Å²) in [5.41, 5.74) is 0. The second-order valence-electron chi connectivity index (χ2n) is 2.85. The monoisotopic (exact) mass is 216 g/mol. The first-order valence-electron chi connectivity index (χ1n) is 4.64. The van der Waals surface area contributed by atoms with Gasteiger partial charge in [0.25, 0.3) is 0 Å². The maximum absolute atomic E-state index is 11.1. The lowest BCUT2D eigenvalue weighted by molar-refractivity contribution is -0.142. The van der Waals surface area contributed by atoms with Crippen LogP contribution in [0.15, 0.2) is 0 Å². The van der Waals surface area contributed by atoms with Crippen molar-refractivity contribution in [2.45, 2.75) is 19.3 Å². The van der Waals surface area contributed by atoms with Crippen LogP contribution in [0.4, 0.5) is 0 Å². The van der Waals surface area contributed by atoms with Gasteiger partial charge in [0.1, 0.15) is 0 Å². The van der Waals surface area contributed by atoms with Gasteiger partial charge in [-0.3, -0.25) is 14.4 Å². The number of methoxy groups -OCH3 is 1. The van der Waals surface area contributed by atoms with E-state index in [1.165, 1.54) is 14.2 Å². The highest BCUT2D eigenvalue weighted by molar-refractivity contribution is 5.82. The molecule has 0 aliphatic heterocycles. The molecule has 0 saturated carbocycles. The van der Waals surface area contributed by atoms with Crippen molar-refractivity contribution >= 4 is 17.8 Å². The number of carbonyl (C=O) groups is 3. The molecule has 0 aliphatic rings. The van der Waals surface area contributed by atoms with Gasteiger partial charge in [0.15, 0.2) is 0 Å². The van der Waals surface area contributed by atoms with Gasteiger partial charge < -0.3 is 15.4 Å². The number of amides is 2. The molecule has 0 aliphatic carbocycles. The Bertz CT molecular complexity index is 240. The van der Waals surface area contributed by atoms with E-state index in [1.807, 2.05) is 0 Å². The summed E-state index contributed by atoms with van der Waals surface area (Å²) in [7, 11) is 2.80. The molecule has 6 nitrogen and oxygen atoms in total. The first-order valence-corrected chi connectivity index (χ1v) is 4.64. The molecule has 86 valence electrons. The average molecular weight is 216 g/mol. The van der Waals surface area contributed by atoms with E-state index in [2.05, 4.69) is 15.4 Å². The van der Waals surface area contributed by atoms with E-state index < -0.39 is 5.97 Å². The van der Waals surface area contributed by atoms with Crippen LogP contribution in [0.1, 0.15) is 19.3 Å². The summed E-state index contributed by atoms with van der Waals surface area (Å²) in [4.78, 5) is 32.5. The summed E-state index contributed by atoms with van der Waals surface area (Å²) >= 11 is 0. The average Bonchev–Trinajstić information content (AvgIpc) is 2.25. The van der Waals surface area contributed by atoms with Crippen LogP contribution >= 0.6 is 0 Å². The molecule has 0 bridgehead atoms. The number of nitrogens with one attached hydrogen (secondary N) is 2. The maximum Gasteiger partial charge on any atom is 0.306 e. The lowest BCUT2D eigenvalue weighted by Crippen LogP contribution is -2.29. The molecule has 15 heavy (non-hydrogen) atoms. The Morgan fingerprint density at radius 2 is 1.73 bits per heavy atom. The predicted molar refractivity (Wildman–Crippen MR) is 52.9 cm³/mol. The van der Waals surface area contributed by atoms with Gasteiger partial charge >= 0.3 is 5.97 Å². The van der Waals surface area contributed by atoms with E-state index in [9.17, 15) is 14.4 Å². The van der Waals surface area contributed by atoms with E-state index in [0.717, 1.165) is 0 Å². The van der Waals surface area contributed by atoms with Crippen LogP contribution in [0.3, 0.4) is 0 Å². The van der Waals surface area contributed by atoms with Crippen molar-refractivity contribution < 1.29 is 19.1 Å². The molecule has 0 atom stereocenters. The fraction of sp³-hybridized carbons (Fsp3) is 0.667. The van der Waals surface area contributed by atoms with E-state index in [-0.39, 0.29) is 37.6 Å². The van der Waals surface area contributed by atoms with E-state index >= 15 is 0 Å². The molecule has 2 N–H and O–H groups in total.